The molecule has 0 spiro atoms. The molecule has 0 aliphatic rings. The highest BCUT2D eigenvalue weighted by Gasteiger charge is 2.20. The van der Waals surface area contributed by atoms with E-state index < -0.39 is 10.0 Å². The molecule has 2 aromatic carbocycles. The van der Waals surface area contributed by atoms with E-state index in [0.29, 0.717) is 39.5 Å². The van der Waals surface area contributed by atoms with Crippen molar-refractivity contribution in [1.29, 1.82) is 5.26 Å². The van der Waals surface area contributed by atoms with E-state index >= 15 is 0 Å². The Labute approximate surface area is 221 Å². The van der Waals surface area contributed by atoms with Crippen molar-refractivity contribution >= 4 is 26.7 Å². The van der Waals surface area contributed by atoms with Crippen LogP contribution in [0.5, 0.6) is 5.75 Å². The predicted molar refractivity (Wildman–Crippen MR) is 139 cm³/mol. The summed E-state index contributed by atoms with van der Waals surface area (Å²) in [5.41, 5.74) is 1.25. The van der Waals surface area contributed by atoms with Gasteiger partial charge in [-0.25, -0.2) is 13.4 Å². The molecule has 0 aliphatic heterocycles. The van der Waals surface area contributed by atoms with Gasteiger partial charge in [-0.3, -0.25) is 4.72 Å². The van der Waals surface area contributed by atoms with E-state index in [1.54, 1.807) is 0 Å². The molecule has 0 saturated carbocycles. The SMILES string of the molecule is CCOCCOCCOCC(CCc1ccccc1)Oc1ccc(S(=O)(=O)Nc2ncns2)cc1C#N. The van der Waals surface area contributed by atoms with Crippen LogP contribution in [-0.2, 0) is 30.7 Å². The fourth-order valence-electron chi connectivity index (χ4n) is 3.28. The smallest absolute Gasteiger partial charge is 0.263 e. The number of hydrogen-bond acceptors (Lipinski definition) is 10. The van der Waals surface area contributed by atoms with E-state index in [0.717, 1.165) is 23.5 Å². The molecule has 1 unspecified atom stereocenters. The van der Waals surface area contributed by atoms with Gasteiger partial charge in [0.05, 0.1) is 43.5 Å². The van der Waals surface area contributed by atoms with E-state index in [1.165, 1.54) is 24.5 Å². The topological polar surface area (TPSA) is 133 Å². The van der Waals surface area contributed by atoms with Gasteiger partial charge in [0.2, 0.25) is 5.13 Å². The number of rotatable bonds is 17. The number of hydrogen-bond donors (Lipinski definition) is 1. The van der Waals surface area contributed by atoms with Crippen LogP contribution in [0.2, 0.25) is 0 Å². The first-order valence-corrected chi connectivity index (χ1v) is 14.0. The second kappa shape index (κ2) is 15.2. The molecule has 3 rings (SSSR count). The van der Waals surface area contributed by atoms with Crippen LogP contribution in [0.25, 0.3) is 0 Å². The van der Waals surface area contributed by atoms with Crippen molar-refractivity contribution in [2.45, 2.75) is 30.8 Å². The molecule has 1 aromatic heterocycles. The lowest BCUT2D eigenvalue weighted by molar-refractivity contribution is -0.00472. The van der Waals surface area contributed by atoms with E-state index in [2.05, 4.69) is 14.1 Å². The van der Waals surface area contributed by atoms with Crippen molar-refractivity contribution in [3.05, 3.63) is 66.0 Å². The lowest BCUT2D eigenvalue weighted by Gasteiger charge is -2.20. The van der Waals surface area contributed by atoms with Gasteiger partial charge in [0, 0.05) is 18.1 Å². The Morgan fingerprint density at radius 1 is 1.05 bits per heavy atom. The number of benzene rings is 2. The minimum atomic E-state index is -3.93. The third kappa shape index (κ3) is 9.71. The van der Waals surface area contributed by atoms with Crippen LogP contribution in [0, 0.1) is 11.3 Å². The standard InChI is InChI=1S/C25H30N4O6S2/c1-2-32-12-13-33-14-15-34-18-22(9-8-20-6-4-3-5-7-20)35-24-11-10-23(16-21(24)17-26)37(30,31)29-25-27-19-28-36-25/h3-7,10-11,16,19,22H,2,8-9,12-15,18H2,1H3,(H,27,28,29). The average Bonchev–Trinajstić information content (AvgIpc) is 3.41. The molecule has 1 N–H and O–H groups in total. The monoisotopic (exact) mass is 546 g/mol. The number of nitrogens with one attached hydrogen (secondary N) is 1. The zero-order valence-corrected chi connectivity index (χ0v) is 22.2. The molecule has 0 amide bonds. The van der Waals surface area contributed by atoms with Crippen LogP contribution >= 0.6 is 11.5 Å². The van der Waals surface area contributed by atoms with Gasteiger partial charge in [-0.2, -0.15) is 9.64 Å². The van der Waals surface area contributed by atoms with Crippen molar-refractivity contribution < 1.29 is 27.4 Å². The molecule has 0 aliphatic carbocycles. The summed E-state index contributed by atoms with van der Waals surface area (Å²) in [5.74, 6) is 0.284. The Morgan fingerprint density at radius 2 is 1.81 bits per heavy atom. The summed E-state index contributed by atoms with van der Waals surface area (Å²) in [4.78, 5) is 3.75. The first kappa shape index (κ1) is 28.5. The summed E-state index contributed by atoms with van der Waals surface area (Å²) in [6, 6.07) is 16.2. The van der Waals surface area contributed by atoms with Gasteiger partial charge >= 0.3 is 0 Å². The Hall–Kier alpha value is -3.08. The normalized spacial score (nSPS) is 12.1. The summed E-state index contributed by atoms with van der Waals surface area (Å²) >= 11 is 0.915. The molecule has 0 bridgehead atoms. The van der Waals surface area contributed by atoms with E-state index in [1.807, 2.05) is 43.3 Å². The zero-order chi connectivity index (χ0) is 26.3. The highest BCUT2D eigenvalue weighted by atomic mass is 32.2. The van der Waals surface area contributed by atoms with Gasteiger partial charge in [-0.15, -0.1) is 0 Å². The van der Waals surface area contributed by atoms with Gasteiger partial charge in [0.15, 0.2) is 0 Å². The van der Waals surface area contributed by atoms with Crippen LogP contribution in [0.3, 0.4) is 0 Å². The van der Waals surface area contributed by atoms with Crippen LogP contribution in [0.1, 0.15) is 24.5 Å². The fourth-order valence-corrected chi connectivity index (χ4v) is 4.97. The first-order chi connectivity index (χ1) is 18.0. The average molecular weight is 547 g/mol. The van der Waals surface area contributed by atoms with E-state index in [-0.39, 0.29) is 34.1 Å². The van der Waals surface area contributed by atoms with Crippen LogP contribution in [0.4, 0.5) is 5.13 Å². The Bertz CT molecular complexity index is 1220. The molecule has 0 saturated heterocycles. The number of nitriles is 1. The molecule has 1 atom stereocenters. The summed E-state index contributed by atoms with van der Waals surface area (Å²) in [6.07, 6.45) is 2.28. The molecule has 10 nitrogen and oxygen atoms in total. The molecular weight excluding hydrogens is 516 g/mol. The van der Waals surface area contributed by atoms with Gasteiger partial charge in [0.25, 0.3) is 10.0 Å². The summed E-state index contributed by atoms with van der Waals surface area (Å²) in [7, 11) is -3.93. The number of ether oxygens (including phenoxy) is 4. The van der Waals surface area contributed by atoms with Crippen LogP contribution in [-0.4, -0.2) is 63.5 Å². The molecular formula is C25H30N4O6S2. The predicted octanol–water partition coefficient (Wildman–Crippen LogP) is 3.66. The van der Waals surface area contributed by atoms with Crippen LogP contribution < -0.4 is 9.46 Å². The molecule has 3 aromatic rings. The summed E-state index contributed by atoms with van der Waals surface area (Å²) < 4.78 is 54.1. The molecule has 0 radical (unpaired) electrons. The second-order valence-electron chi connectivity index (χ2n) is 7.77. The number of anilines is 1. The lowest BCUT2D eigenvalue weighted by Crippen LogP contribution is -2.25. The van der Waals surface area contributed by atoms with Crippen LogP contribution in [0.15, 0.2) is 59.8 Å². The summed E-state index contributed by atoms with van der Waals surface area (Å²) in [6.45, 7) is 4.72. The Morgan fingerprint density at radius 3 is 2.51 bits per heavy atom. The van der Waals surface area contributed by atoms with Crippen molar-refractivity contribution in [3.8, 4) is 11.8 Å². The van der Waals surface area contributed by atoms with E-state index in [4.69, 9.17) is 18.9 Å². The van der Waals surface area contributed by atoms with Crippen molar-refractivity contribution in [1.82, 2.24) is 9.36 Å². The number of aryl methyl sites for hydroxylation is 1. The van der Waals surface area contributed by atoms with Gasteiger partial charge < -0.3 is 18.9 Å². The van der Waals surface area contributed by atoms with Crippen molar-refractivity contribution in [3.63, 3.8) is 0 Å². The highest BCUT2D eigenvalue weighted by molar-refractivity contribution is 7.93. The quantitative estimate of drug-likeness (QED) is 0.252. The van der Waals surface area contributed by atoms with Gasteiger partial charge in [0.1, 0.15) is 24.3 Å². The van der Waals surface area contributed by atoms with Crippen molar-refractivity contribution in [2.75, 3.05) is 44.4 Å². The second-order valence-corrected chi connectivity index (χ2v) is 10.2. The summed E-state index contributed by atoms with van der Waals surface area (Å²) in [5, 5.41) is 9.84. The molecule has 12 heteroatoms. The largest absolute Gasteiger partial charge is 0.487 e. The highest BCUT2D eigenvalue weighted by Crippen LogP contribution is 2.25. The fraction of sp³-hybridized carbons (Fsp3) is 0.400. The third-order valence-electron chi connectivity index (χ3n) is 5.11. The number of sulfonamides is 1. The molecule has 0 fully saturated rings. The minimum absolute atomic E-state index is 0.0760. The first-order valence-electron chi connectivity index (χ1n) is 11.8. The Balaban J connectivity index is 1.64. The third-order valence-corrected chi connectivity index (χ3v) is 7.15. The number of aromatic nitrogens is 2. The minimum Gasteiger partial charge on any atom is -0.487 e. The zero-order valence-electron chi connectivity index (χ0n) is 20.5. The van der Waals surface area contributed by atoms with Gasteiger partial charge in [-0.1, -0.05) is 30.3 Å². The van der Waals surface area contributed by atoms with Gasteiger partial charge in [-0.05, 0) is 43.5 Å². The maximum atomic E-state index is 12.7. The maximum Gasteiger partial charge on any atom is 0.263 e. The number of nitrogens with zero attached hydrogens (tertiary/aromatic N) is 3. The molecule has 1 heterocycles. The molecule has 198 valence electrons. The van der Waals surface area contributed by atoms with E-state index in [9.17, 15) is 13.7 Å². The van der Waals surface area contributed by atoms with Crippen molar-refractivity contribution in [2.24, 2.45) is 0 Å². The molecule has 37 heavy (non-hydrogen) atoms. The maximum absolute atomic E-state index is 12.7. The Kier molecular flexibility index (Phi) is 11.7. The lowest BCUT2D eigenvalue weighted by atomic mass is 10.1.